The van der Waals surface area contributed by atoms with E-state index in [0.29, 0.717) is 11.8 Å². The second-order valence-corrected chi connectivity index (χ2v) is 5.76. The molecule has 0 saturated carbocycles. The molecule has 94 valence electrons. The first-order valence-electron chi connectivity index (χ1n) is 6.03. The zero-order valence-electron chi connectivity index (χ0n) is 10.5. The highest BCUT2D eigenvalue weighted by atomic mass is 35.5. The van der Waals surface area contributed by atoms with E-state index in [9.17, 15) is 4.79 Å². The van der Waals surface area contributed by atoms with Gasteiger partial charge < -0.3 is 10.2 Å². The SMILES string of the molecule is CC1CN(C(=O)[C@H]2CCNC2)C(C)(C)C1.Cl. The van der Waals surface area contributed by atoms with Crippen LogP contribution in [0, 0.1) is 11.8 Å². The van der Waals surface area contributed by atoms with Crippen LogP contribution in [0.4, 0.5) is 0 Å². The highest BCUT2D eigenvalue weighted by Crippen LogP contribution is 2.34. The summed E-state index contributed by atoms with van der Waals surface area (Å²) in [5, 5.41) is 3.27. The third-order valence-electron chi connectivity index (χ3n) is 3.75. The fraction of sp³-hybridized carbons (Fsp3) is 0.917. The molecule has 2 saturated heterocycles. The number of halogens is 1. The van der Waals surface area contributed by atoms with Crippen LogP contribution in [-0.4, -0.2) is 36.0 Å². The molecule has 4 heteroatoms. The summed E-state index contributed by atoms with van der Waals surface area (Å²) in [4.78, 5) is 14.4. The van der Waals surface area contributed by atoms with Gasteiger partial charge in [-0.15, -0.1) is 12.4 Å². The lowest BCUT2D eigenvalue weighted by molar-refractivity contribution is -0.138. The molecule has 0 aromatic rings. The smallest absolute Gasteiger partial charge is 0.227 e. The molecule has 0 aliphatic carbocycles. The minimum Gasteiger partial charge on any atom is -0.337 e. The van der Waals surface area contributed by atoms with Gasteiger partial charge in [0, 0.05) is 18.6 Å². The molecule has 0 aromatic carbocycles. The molecular formula is C12H23ClN2O. The van der Waals surface area contributed by atoms with Crippen LogP contribution in [0.1, 0.15) is 33.6 Å². The van der Waals surface area contributed by atoms with Gasteiger partial charge in [-0.25, -0.2) is 0 Å². The fourth-order valence-corrected chi connectivity index (χ4v) is 3.06. The van der Waals surface area contributed by atoms with Crippen molar-refractivity contribution in [1.29, 1.82) is 0 Å². The van der Waals surface area contributed by atoms with Crippen LogP contribution in [0.2, 0.25) is 0 Å². The van der Waals surface area contributed by atoms with Gasteiger partial charge >= 0.3 is 0 Å². The van der Waals surface area contributed by atoms with Crippen LogP contribution in [0.5, 0.6) is 0 Å². The zero-order chi connectivity index (χ0) is 11.1. The van der Waals surface area contributed by atoms with Gasteiger partial charge in [0.1, 0.15) is 0 Å². The number of rotatable bonds is 1. The largest absolute Gasteiger partial charge is 0.337 e. The van der Waals surface area contributed by atoms with Crippen LogP contribution in [0.3, 0.4) is 0 Å². The van der Waals surface area contributed by atoms with Crippen LogP contribution in [-0.2, 0) is 4.79 Å². The first-order chi connectivity index (χ1) is 7.00. The number of amides is 1. The normalized spacial score (nSPS) is 32.6. The average Bonchev–Trinajstić information content (AvgIpc) is 2.71. The molecule has 2 heterocycles. The van der Waals surface area contributed by atoms with E-state index in [4.69, 9.17) is 0 Å². The molecule has 0 aromatic heterocycles. The van der Waals surface area contributed by atoms with Crippen molar-refractivity contribution in [2.75, 3.05) is 19.6 Å². The summed E-state index contributed by atoms with van der Waals surface area (Å²) >= 11 is 0. The fourth-order valence-electron chi connectivity index (χ4n) is 3.06. The first kappa shape index (κ1) is 13.8. The monoisotopic (exact) mass is 246 g/mol. The lowest BCUT2D eigenvalue weighted by Gasteiger charge is -2.33. The van der Waals surface area contributed by atoms with E-state index in [1.807, 2.05) is 0 Å². The summed E-state index contributed by atoms with van der Waals surface area (Å²) in [6.07, 6.45) is 2.15. The predicted octanol–water partition coefficient (Wildman–Crippen LogP) is 1.66. The average molecular weight is 247 g/mol. The standard InChI is InChI=1S/C12H22N2O.ClH/c1-9-6-12(2,3)14(8-9)11(15)10-4-5-13-7-10;/h9-10,13H,4-8H2,1-3H3;1H/t9?,10-;/m0./s1. The summed E-state index contributed by atoms with van der Waals surface area (Å²) in [6.45, 7) is 9.44. The third-order valence-corrected chi connectivity index (χ3v) is 3.75. The van der Waals surface area contributed by atoms with Crippen molar-refractivity contribution >= 4 is 18.3 Å². The van der Waals surface area contributed by atoms with E-state index in [1.54, 1.807) is 0 Å². The van der Waals surface area contributed by atoms with Gasteiger partial charge in [-0.05, 0) is 39.2 Å². The topological polar surface area (TPSA) is 32.3 Å². The first-order valence-corrected chi connectivity index (χ1v) is 6.03. The Morgan fingerprint density at radius 1 is 1.44 bits per heavy atom. The lowest BCUT2D eigenvalue weighted by Crippen LogP contribution is -2.46. The van der Waals surface area contributed by atoms with E-state index in [2.05, 4.69) is 31.0 Å². The predicted molar refractivity (Wildman–Crippen MR) is 67.8 cm³/mol. The van der Waals surface area contributed by atoms with Crippen LogP contribution >= 0.6 is 12.4 Å². The summed E-state index contributed by atoms with van der Waals surface area (Å²) in [5.74, 6) is 1.25. The van der Waals surface area contributed by atoms with E-state index >= 15 is 0 Å². The quantitative estimate of drug-likeness (QED) is 0.763. The van der Waals surface area contributed by atoms with Gasteiger partial charge in [0.05, 0.1) is 5.92 Å². The molecule has 16 heavy (non-hydrogen) atoms. The van der Waals surface area contributed by atoms with Crippen molar-refractivity contribution in [3.05, 3.63) is 0 Å². The molecule has 0 bridgehead atoms. The zero-order valence-corrected chi connectivity index (χ0v) is 11.3. The molecule has 2 atom stereocenters. The van der Waals surface area contributed by atoms with Gasteiger partial charge in [0.25, 0.3) is 0 Å². The maximum absolute atomic E-state index is 12.3. The Balaban J connectivity index is 0.00000128. The van der Waals surface area contributed by atoms with Crippen molar-refractivity contribution in [1.82, 2.24) is 10.2 Å². The van der Waals surface area contributed by atoms with Crippen molar-refractivity contribution in [3.8, 4) is 0 Å². The molecule has 3 nitrogen and oxygen atoms in total. The highest BCUT2D eigenvalue weighted by Gasteiger charge is 2.41. The van der Waals surface area contributed by atoms with Gasteiger partial charge in [-0.2, -0.15) is 0 Å². The summed E-state index contributed by atoms with van der Waals surface area (Å²) in [6, 6.07) is 0. The second-order valence-electron chi connectivity index (χ2n) is 5.76. The van der Waals surface area contributed by atoms with Gasteiger partial charge in [-0.3, -0.25) is 4.79 Å². The number of carbonyl (C=O) groups is 1. The Labute approximate surface area is 104 Å². The lowest BCUT2D eigenvalue weighted by atomic mass is 9.96. The molecule has 2 fully saturated rings. The number of likely N-dealkylation sites (tertiary alicyclic amines) is 1. The number of hydrogen-bond acceptors (Lipinski definition) is 2. The Hall–Kier alpha value is -0.280. The van der Waals surface area contributed by atoms with Crippen molar-refractivity contribution < 1.29 is 4.79 Å². The Bertz CT molecular complexity index is 262. The molecule has 2 aliphatic heterocycles. The number of nitrogens with one attached hydrogen (secondary N) is 1. The van der Waals surface area contributed by atoms with E-state index < -0.39 is 0 Å². The summed E-state index contributed by atoms with van der Waals surface area (Å²) < 4.78 is 0. The molecule has 2 aliphatic rings. The van der Waals surface area contributed by atoms with Crippen molar-refractivity contribution in [2.45, 2.75) is 39.2 Å². The Morgan fingerprint density at radius 3 is 2.56 bits per heavy atom. The van der Waals surface area contributed by atoms with Crippen LogP contribution in [0.25, 0.3) is 0 Å². The minimum absolute atomic E-state index is 0. The van der Waals surface area contributed by atoms with Gasteiger partial charge in [0.15, 0.2) is 0 Å². The molecule has 1 N–H and O–H groups in total. The maximum Gasteiger partial charge on any atom is 0.227 e. The van der Waals surface area contributed by atoms with E-state index in [1.165, 1.54) is 0 Å². The van der Waals surface area contributed by atoms with Gasteiger partial charge in [0.2, 0.25) is 5.91 Å². The summed E-state index contributed by atoms with van der Waals surface area (Å²) in [5.41, 5.74) is 0.0685. The maximum atomic E-state index is 12.3. The van der Waals surface area contributed by atoms with E-state index in [-0.39, 0.29) is 23.9 Å². The molecule has 1 amide bonds. The number of hydrogen-bond donors (Lipinski definition) is 1. The second kappa shape index (κ2) is 4.92. The van der Waals surface area contributed by atoms with Crippen LogP contribution in [0.15, 0.2) is 0 Å². The molecular weight excluding hydrogens is 224 g/mol. The molecule has 1 unspecified atom stereocenters. The van der Waals surface area contributed by atoms with Crippen molar-refractivity contribution in [3.63, 3.8) is 0 Å². The third kappa shape index (κ3) is 2.51. The Morgan fingerprint density at radius 2 is 2.12 bits per heavy atom. The Kier molecular flexibility index (Phi) is 4.24. The molecule has 0 radical (unpaired) electrons. The molecule has 2 rings (SSSR count). The van der Waals surface area contributed by atoms with Crippen LogP contribution < -0.4 is 5.32 Å². The highest BCUT2D eigenvalue weighted by molar-refractivity contribution is 5.85. The molecule has 0 spiro atoms. The van der Waals surface area contributed by atoms with E-state index in [0.717, 1.165) is 32.5 Å². The summed E-state index contributed by atoms with van der Waals surface area (Å²) in [7, 11) is 0. The number of carbonyl (C=O) groups excluding carboxylic acids is 1. The van der Waals surface area contributed by atoms with Gasteiger partial charge in [-0.1, -0.05) is 6.92 Å². The number of nitrogens with zero attached hydrogens (tertiary/aromatic N) is 1. The minimum atomic E-state index is 0. The van der Waals surface area contributed by atoms with Crippen molar-refractivity contribution in [2.24, 2.45) is 11.8 Å².